The molecule has 1 amide bonds. The van der Waals surface area contributed by atoms with Crippen molar-refractivity contribution in [2.45, 2.75) is 32.6 Å². The first-order valence-corrected chi connectivity index (χ1v) is 12.1. The van der Waals surface area contributed by atoms with Gasteiger partial charge in [-0.25, -0.2) is 0 Å². The number of thiocarbonyl (C=S) groups is 1. The highest BCUT2D eigenvalue weighted by Crippen LogP contribution is 2.32. The van der Waals surface area contributed by atoms with Crippen LogP contribution in [0.1, 0.15) is 43.7 Å². The molecule has 0 bridgehead atoms. The van der Waals surface area contributed by atoms with Gasteiger partial charge in [0.05, 0.1) is 18.1 Å². The average Bonchev–Trinajstić information content (AvgIpc) is 3.07. The summed E-state index contributed by atoms with van der Waals surface area (Å²) in [5.74, 6) is 2.18. The molecule has 1 heterocycles. The van der Waals surface area contributed by atoms with Gasteiger partial charge in [0.25, 0.3) is 5.91 Å². The van der Waals surface area contributed by atoms with Crippen LogP contribution in [0.25, 0.3) is 6.08 Å². The van der Waals surface area contributed by atoms with E-state index < -0.39 is 0 Å². The van der Waals surface area contributed by atoms with Crippen LogP contribution in [0.15, 0.2) is 66.1 Å². The van der Waals surface area contributed by atoms with Crippen molar-refractivity contribution >= 4 is 40.3 Å². The van der Waals surface area contributed by atoms with E-state index in [2.05, 4.69) is 32.6 Å². The van der Waals surface area contributed by atoms with Crippen molar-refractivity contribution in [1.82, 2.24) is 4.90 Å². The highest BCUT2D eigenvalue weighted by molar-refractivity contribution is 8.26. The fraction of sp³-hybridized carbons (Fsp3) is 0.308. The standard InChI is InChI=1S/C26H29NO3S2/c1-4-15-27-25(28)24(32-26(27)31)18-20-7-11-22(12-8-20)29-16-6-17-30-23-13-9-21(10-14-23)19(3)5-2/h4,7-14,18-19H,1,5-6,15-17H2,2-3H3/b24-18+. The molecule has 168 valence electrons. The molecule has 0 radical (unpaired) electrons. The lowest BCUT2D eigenvalue weighted by molar-refractivity contribution is -0.121. The smallest absolute Gasteiger partial charge is 0.266 e. The molecule has 2 aromatic rings. The van der Waals surface area contributed by atoms with Gasteiger partial charge in [-0.05, 0) is 53.8 Å². The number of ether oxygens (including phenoxy) is 2. The predicted octanol–water partition coefficient (Wildman–Crippen LogP) is 6.44. The van der Waals surface area contributed by atoms with Crippen molar-refractivity contribution in [2.24, 2.45) is 0 Å². The van der Waals surface area contributed by atoms with Gasteiger partial charge < -0.3 is 9.47 Å². The molecule has 6 heteroatoms. The normalized spacial score (nSPS) is 15.8. The number of amides is 1. The van der Waals surface area contributed by atoms with E-state index >= 15 is 0 Å². The first-order chi connectivity index (χ1) is 15.5. The van der Waals surface area contributed by atoms with E-state index in [1.165, 1.54) is 17.3 Å². The second kappa shape index (κ2) is 11.9. The van der Waals surface area contributed by atoms with Crippen molar-refractivity contribution < 1.29 is 14.3 Å². The maximum absolute atomic E-state index is 12.4. The van der Waals surface area contributed by atoms with Gasteiger partial charge in [0, 0.05) is 13.0 Å². The third-order valence-electron chi connectivity index (χ3n) is 5.25. The molecule has 32 heavy (non-hydrogen) atoms. The summed E-state index contributed by atoms with van der Waals surface area (Å²) < 4.78 is 12.2. The highest BCUT2D eigenvalue weighted by Gasteiger charge is 2.30. The van der Waals surface area contributed by atoms with Gasteiger partial charge in [-0.3, -0.25) is 9.69 Å². The zero-order chi connectivity index (χ0) is 22.9. The van der Waals surface area contributed by atoms with Crippen LogP contribution < -0.4 is 9.47 Å². The minimum Gasteiger partial charge on any atom is -0.493 e. The molecule has 1 aliphatic rings. The first kappa shape index (κ1) is 24.1. The number of carbonyl (C=O) groups excluding carboxylic acids is 1. The first-order valence-electron chi connectivity index (χ1n) is 10.8. The largest absolute Gasteiger partial charge is 0.493 e. The number of hydrogen-bond acceptors (Lipinski definition) is 5. The van der Waals surface area contributed by atoms with Crippen LogP contribution in [0.4, 0.5) is 0 Å². The lowest BCUT2D eigenvalue weighted by atomic mass is 9.99. The Morgan fingerprint density at radius 3 is 2.22 bits per heavy atom. The Morgan fingerprint density at radius 1 is 1.06 bits per heavy atom. The summed E-state index contributed by atoms with van der Waals surface area (Å²) in [6.45, 7) is 9.71. The van der Waals surface area contributed by atoms with Crippen LogP contribution >= 0.6 is 24.0 Å². The van der Waals surface area contributed by atoms with Crippen LogP contribution in [-0.2, 0) is 4.79 Å². The van der Waals surface area contributed by atoms with Crippen molar-refractivity contribution in [2.75, 3.05) is 19.8 Å². The molecule has 0 aromatic heterocycles. The zero-order valence-corrected chi connectivity index (χ0v) is 20.2. The Hall–Kier alpha value is -2.57. The van der Waals surface area contributed by atoms with Gasteiger partial charge >= 0.3 is 0 Å². The Balaban J connectivity index is 1.42. The zero-order valence-electron chi connectivity index (χ0n) is 18.6. The number of nitrogens with zero attached hydrogens (tertiary/aromatic N) is 1. The number of thioether (sulfide) groups is 1. The van der Waals surface area contributed by atoms with E-state index in [0.29, 0.717) is 34.9 Å². The van der Waals surface area contributed by atoms with Crippen LogP contribution in [0.3, 0.4) is 0 Å². The Kier molecular flexibility index (Phi) is 8.94. The average molecular weight is 468 g/mol. The van der Waals surface area contributed by atoms with Crippen molar-refractivity contribution in [1.29, 1.82) is 0 Å². The molecule has 4 nitrogen and oxygen atoms in total. The maximum atomic E-state index is 12.4. The maximum Gasteiger partial charge on any atom is 0.266 e. The lowest BCUT2D eigenvalue weighted by Gasteiger charge is -2.11. The van der Waals surface area contributed by atoms with Gasteiger partial charge in [-0.2, -0.15) is 0 Å². The fourth-order valence-electron chi connectivity index (χ4n) is 3.17. The molecule has 2 aromatic carbocycles. The second-order valence-electron chi connectivity index (χ2n) is 7.58. The monoisotopic (exact) mass is 467 g/mol. The summed E-state index contributed by atoms with van der Waals surface area (Å²) in [5, 5.41) is 0. The molecular formula is C26H29NO3S2. The SMILES string of the molecule is C=CCN1C(=O)/C(=C\c2ccc(OCCCOc3ccc(C(C)CC)cc3)cc2)SC1=S. The number of hydrogen-bond donors (Lipinski definition) is 0. The van der Waals surface area contributed by atoms with Gasteiger partial charge in [0.1, 0.15) is 15.8 Å². The molecule has 3 rings (SSSR count). The van der Waals surface area contributed by atoms with Crippen LogP contribution in [-0.4, -0.2) is 34.9 Å². The van der Waals surface area contributed by atoms with E-state index in [9.17, 15) is 4.79 Å². The van der Waals surface area contributed by atoms with Crippen molar-refractivity contribution in [3.8, 4) is 11.5 Å². The Bertz CT molecular complexity index is 968. The summed E-state index contributed by atoms with van der Waals surface area (Å²) in [5.41, 5.74) is 2.27. The Morgan fingerprint density at radius 2 is 1.66 bits per heavy atom. The topological polar surface area (TPSA) is 38.8 Å². The lowest BCUT2D eigenvalue weighted by Crippen LogP contribution is -2.27. The molecule has 1 saturated heterocycles. The van der Waals surface area contributed by atoms with Gasteiger partial charge in [-0.15, -0.1) is 6.58 Å². The van der Waals surface area contributed by atoms with Gasteiger partial charge in [-0.1, -0.05) is 68.2 Å². The molecule has 1 unspecified atom stereocenters. The molecule has 0 saturated carbocycles. The third-order valence-corrected chi connectivity index (χ3v) is 6.63. The summed E-state index contributed by atoms with van der Waals surface area (Å²) in [7, 11) is 0. The second-order valence-corrected chi connectivity index (χ2v) is 9.25. The summed E-state index contributed by atoms with van der Waals surface area (Å²) in [4.78, 5) is 14.6. The summed E-state index contributed by atoms with van der Waals surface area (Å²) in [6, 6.07) is 16.0. The van der Waals surface area contributed by atoms with Crippen molar-refractivity contribution in [3.05, 3.63) is 77.2 Å². The highest BCUT2D eigenvalue weighted by atomic mass is 32.2. The number of rotatable bonds is 11. The molecule has 0 spiro atoms. The Labute approximate surface area is 200 Å². The van der Waals surface area contributed by atoms with E-state index in [0.717, 1.165) is 29.9 Å². The van der Waals surface area contributed by atoms with E-state index in [1.807, 2.05) is 42.5 Å². The molecule has 0 aliphatic carbocycles. The molecule has 0 N–H and O–H groups in total. The van der Waals surface area contributed by atoms with Crippen LogP contribution in [0.2, 0.25) is 0 Å². The molecular weight excluding hydrogens is 438 g/mol. The molecule has 1 fully saturated rings. The van der Waals surface area contributed by atoms with E-state index in [4.69, 9.17) is 21.7 Å². The quantitative estimate of drug-likeness (QED) is 0.165. The van der Waals surface area contributed by atoms with Gasteiger partial charge in [0.15, 0.2) is 0 Å². The van der Waals surface area contributed by atoms with Crippen LogP contribution in [0.5, 0.6) is 11.5 Å². The fourth-order valence-corrected chi connectivity index (χ4v) is 4.44. The van der Waals surface area contributed by atoms with E-state index in [1.54, 1.807) is 11.0 Å². The third kappa shape index (κ3) is 6.47. The summed E-state index contributed by atoms with van der Waals surface area (Å²) >= 11 is 6.58. The van der Waals surface area contributed by atoms with Gasteiger partial charge in [0.2, 0.25) is 0 Å². The van der Waals surface area contributed by atoms with Crippen LogP contribution in [0, 0.1) is 0 Å². The van der Waals surface area contributed by atoms with Crippen molar-refractivity contribution in [3.63, 3.8) is 0 Å². The minimum atomic E-state index is -0.0743. The summed E-state index contributed by atoms with van der Waals surface area (Å²) in [6.07, 6.45) is 5.46. The minimum absolute atomic E-state index is 0.0743. The van der Waals surface area contributed by atoms with E-state index in [-0.39, 0.29) is 5.91 Å². The number of benzene rings is 2. The predicted molar refractivity (Wildman–Crippen MR) is 137 cm³/mol. The molecule has 1 atom stereocenters. The number of carbonyl (C=O) groups is 1. The molecule has 1 aliphatic heterocycles.